The van der Waals surface area contributed by atoms with E-state index >= 15 is 14.4 Å². The fraction of sp³-hybridized carbons (Fsp3) is 0.592. The summed E-state index contributed by atoms with van der Waals surface area (Å²) in [5.41, 5.74) is 34.5. The lowest BCUT2D eigenvalue weighted by atomic mass is 9.82. The molecule has 20 nitrogen and oxygen atoms in total. The van der Waals surface area contributed by atoms with E-state index in [-0.39, 0.29) is 198 Å². The molecule has 20 heteroatoms. The number of nitrogens with zero attached hydrogens (tertiary/aromatic N) is 5. The summed E-state index contributed by atoms with van der Waals surface area (Å²) < 4.78 is 0. The van der Waals surface area contributed by atoms with Crippen LogP contribution in [0.25, 0.3) is 0 Å². The van der Waals surface area contributed by atoms with E-state index in [4.69, 9.17) is 28.7 Å². The number of carbonyl (C=O) groups excluding carboxylic acids is 10. The van der Waals surface area contributed by atoms with Gasteiger partial charge in [0.25, 0.3) is 0 Å². The SMILES string of the molecule is CC(C)(C)C[C@@H](CCCCN)CN(CC(=O)C[C@@H](CCCCN)CN(CC(=O)C[C@@H](CCCCN)CN(CC(=O)C[C@@H](CCCCN)CN(CC(=O)C[C@@H](CCCCN)CN(CC(=O)C(C)(C)C)C(=O)CCc1ccccc1)C(=O)CCc1ccccc1)C(=O)CCc1ccccc1)C(=O)CCc1ccccc1)C(=O)CCc1ccccc1. The first-order chi connectivity index (χ1) is 56.7. The van der Waals surface area contributed by atoms with Gasteiger partial charge < -0.3 is 53.2 Å². The second-order valence-corrected chi connectivity index (χ2v) is 35.5. The second kappa shape index (κ2) is 56.9. The van der Waals surface area contributed by atoms with Gasteiger partial charge in [-0.05, 0) is 198 Å². The largest absolute Gasteiger partial charge is 0.335 e. The van der Waals surface area contributed by atoms with Gasteiger partial charge in [0.05, 0.1) is 32.7 Å². The molecule has 0 aromatic heterocycles. The Bertz CT molecular complexity index is 3700. The molecule has 118 heavy (non-hydrogen) atoms. The maximum absolute atomic E-state index is 15.3. The Morgan fingerprint density at radius 1 is 0.271 bits per heavy atom. The summed E-state index contributed by atoms with van der Waals surface area (Å²) in [6.07, 6.45) is 13.8. The van der Waals surface area contributed by atoms with Crippen molar-refractivity contribution in [2.75, 3.05) is 98.2 Å². The van der Waals surface area contributed by atoms with Crippen LogP contribution in [0.15, 0.2) is 152 Å². The third kappa shape index (κ3) is 43.0. The van der Waals surface area contributed by atoms with Crippen molar-refractivity contribution in [3.05, 3.63) is 179 Å². The van der Waals surface area contributed by atoms with E-state index in [1.54, 1.807) is 24.5 Å². The molecular formula is C98H148N10O10. The Balaban J connectivity index is 1.47. The van der Waals surface area contributed by atoms with Gasteiger partial charge in [0.2, 0.25) is 29.5 Å². The first-order valence-corrected chi connectivity index (χ1v) is 44.4. The number of hydrogen-bond acceptors (Lipinski definition) is 15. The fourth-order valence-electron chi connectivity index (χ4n) is 16.0. The van der Waals surface area contributed by atoms with Gasteiger partial charge in [-0.1, -0.05) is 225 Å². The predicted octanol–water partition coefficient (Wildman–Crippen LogP) is 13.9. The summed E-state index contributed by atoms with van der Waals surface area (Å²) in [4.78, 5) is 156. The summed E-state index contributed by atoms with van der Waals surface area (Å²) in [6.45, 7) is 14.2. The van der Waals surface area contributed by atoms with Crippen LogP contribution in [0.4, 0.5) is 0 Å². The topological polar surface area (TPSA) is 317 Å². The molecule has 0 bridgehead atoms. The van der Waals surface area contributed by atoms with Gasteiger partial charge in [-0.2, -0.15) is 0 Å². The number of Topliss-reactive ketones (excluding diaryl/α,β-unsaturated/α-hetero) is 5. The van der Waals surface area contributed by atoms with Crippen LogP contribution in [0.1, 0.15) is 230 Å². The van der Waals surface area contributed by atoms with Gasteiger partial charge in [-0.15, -0.1) is 0 Å². The normalized spacial score (nSPS) is 12.9. The van der Waals surface area contributed by atoms with Crippen molar-refractivity contribution in [2.24, 2.45) is 69.1 Å². The standard InChI is InChI=1S/C98H148N10O10/c1-97(2,3)66-86(46-26-31-61-103)71-107(95(117)55-50-80-38-18-10-19-39-80)75-90(112)64-84(44-24-29-59-101)69-105(93(115)53-48-78-34-14-8-15-35-78)73-88(110)62-82(42-22-27-57-99)67-104(92(114)52-47-77-32-12-7-13-33-77)72-87(109)63-83(43-23-28-58-100)68-106(94(116)54-49-79-36-16-9-17-37-79)74-89(111)65-85(45-25-30-60-102)70-108(76-91(113)98(4,5)6)96(118)56-51-81-40-20-11-21-41-81/h7-21,32-41,82-86H,22-31,42-76,99-103H2,1-6H3/t82-,83-,84-,85-,86-/m1/s1. The number of amides is 5. The summed E-state index contributed by atoms with van der Waals surface area (Å²) >= 11 is 0. The fourth-order valence-corrected chi connectivity index (χ4v) is 16.0. The number of ketones is 5. The highest BCUT2D eigenvalue weighted by Gasteiger charge is 2.34. The minimum atomic E-state index is -0.727. The zero-order chi connectivity index (χ0) is 85.9. The molecule has 0 fully saturated rings. The number of aryl methyl sites for hydroxylation is 5. The molecule has 0 radical (unpaired) electrons. The van der Waals surface area contributed by atoms with Gasteiger partial charge in [-0.25, -0.2) is 0 Å². The van der Waals surface area contributed by atoms with Crippen molar-refractivity contribution in [1.82, 2.24) is 24.5 Å². The highest BCUT2D eigenvalue weighted by atomic mass is 16.2. The van der Waals surface area contributed by atoms with E-state index < -0.39 is 17.3 Å². The van der Waals surface area contributed by atoms with Crippen LogP contribution in [0.2, 0.25) is 0 Å². The van der Waals surface area contributed by atoms with E-state index in [1.807, 2.05) is 172 Å². The number of benzene rings is 5. The van der Waals surface area contributed by atoms with Gasteiger partial charge in [0.1, 0.15) is 0 Å². The number of unbranched alkanes of at least 4 members (excludes halogenated alkanes) is 5. The number of rotatable bonds is 64. The van der Waals surface area contributed by atoms with Crippen LogP contribution >= 0.6 is 0 Å². The predicted molar refractivity (Wildman–Crippen MR) is 476 cm³/mol. The molecular weight excluding hydrogens is 1480 g/mol. The molecule has 5 amide bonds. The zero-order valence-electron chi connectivity index (χ0n) is 72.8. The molecule has 5 aromatic rings. The lowest BCUT2D eigenvalue weighted by Crippen LogP contribution is -2.44. The lowest BCUT2D eigenvalue weighted by Gasteiger charge is -2.32. The van der Waals surface area contributed by atoms with Crippen molar-refractivity contribution >= 4 is 58.5 Å². The lowest BCUT2D eigenvalue weighted by molar-refractivity contribution is -0.139. The number of nitrogens with two attached hydrogens (primary N) is 5. The van der Waals surface area contributed by atoms with Crippen molar-refractivity contribution in [2.45, 2.75) is 234 Å². The molecule has 0 spiro atoms. The average molecular weight is 1630 g/mol. The summed E-state index contributed by atoms with van der Waals surface area (Å²) in [7, 11) is 0. The molecule has 5 rings (SSSR count). The summed E-state index contributed by atoms with van der Waals surface area (Å²) in [5, 5.41) is 0. The Morgan fingerprint density at radius 3 is 0.661 bits per heavy atom. The van der Waals surface area contributed by atoms with Crippen LogP contribution in [0.3, 0.4) is 0 Å². The first kappa shape index (κ1) is 100. The van der Waals surface area contributed by atoms with Crippen LogP contribution in [0, 0.1) is 40.4 Å². The van der Waals surface area contributed by atoms with Gasteiger partial charge in [0, 0.05) is 95.9 Å². The van der Waals surface area contributed by atoms with Crippen LogP contribution in [-0.4, -0.2) is 181 Å². The average Bonchev–Trinajstić information content (AvgIpc) is 0.873. The summed E-state index contributed by atoms with van der Waals surface area (Å²) in [5.74, 6) is -3.47. The molecule has 0 aliphatic heterocycles. The zero-order valence-corrected chi connectivity index (χ0v) is 72.8. The molecule has 0 heterocycles. The summed E-state index contributed by atoms with van der Waals surface area (Å²) in [6, 6.07) is 48.6. The number of hydrogen-bond donors (Lipinski definition) is 5. The second-order valence-electron chi connectivity index (χ2n) is 35.5. The third-order valence-electron chi connectivity index (χ3n) is 22.4. The minimum Gasteiger partial charge on any atom is -0.335 e. The van der Waals surface area contributed by atoms with E-state index in [1.165, 1.54) is 0 Å². The monoisotopic (exact) mass is 1630 g/mol. The van der Waals surface area contributed by atoms with Gasteiger partial charge >= 0.3 is 0 Å². The molecule has 0 aliphatic rings. The van der Waals surface area contributed by atoms with E-state index in [9.17, 15) is 33.6 Å². The Hall–Kier alpha value is -8.40. The first-order valence-electron chi connectivity index (χ1n) is 44.4. The van der Waals surface area contributed by atoms with Gasteiger partial charge in [0.15, 0.2) is 28.9 Å². The van der Waals surface area contributed by atoms with E-state index in [0.29, 0.717) is 148 Å². The molecule has 0 aliphatic carbocycles. The maximum Gasteiger partial charge on any atom is 0.223 e. The maximum atomic E-state index is 15.3. The Kier molecular flexibility index (Phi) is 48.3. The highest BCUT2D eigenvalue weighted by molar-refractivity contribution is 5.91. The molecule has 5 atom stereocenters. The molecule has 0 saturated heterocycles. The van der Waals surface area contributed by atoms with Crippen LogP contribution in [-0.2, 0) is 80.0 Å². The molecule has 0 saturated carbocycles. The van der Waals surface area contributed by atoms with Crippen LogP contribution < -0.4 is 28.7 Å². The van der Waals surface area contributed by atoms with E-state index in [0.717, 1.165) is 53.5 Å². The molecule has 0 unspecified atom stereocenters. The van der Waals surface area contributed by atoms with Gasteiger partial charge in [-0.3, -0.25) is 47.9 Å². The van der Waals surface area contributed by atoms with Crippen LogP contribution in [0.5, 0.6) is 0 Å². The molecule has 5 aromatic carbocycles. The van der Waals surface area contributed by atoms with Crippen molar-refractivity contribution in [1.29, 1.82) is 0 Å². The van der Waals surface area contributed by atoms with E-state index in [2.05, 4.69) is 20.8 Å². The molecule has 10 N–H and O–H groups in total. The van der Waals surface area contributed by atoms with Crippen molar-refractivity contribution in [3.63, 3.8) is 0 Å². The smallest absolute Gasteiger partial charge is 0.223 e. The quantitative estimate of drug-likeness (QED) is 0.0226. The highest BCUT2D eigenvalue weighted by Crippen LogP contribution is 2.31. The van der Waals surface area contributed by atoms with Crippen molar-refractivity contribution in [3.8, 4) is 0 Å². The Morgan fingerprint density at radius 2 is 0.466 bits per heavy atom. The molecule has 650 valence electrons. The third-order valence-corrected chi connectivity index (χ3v) is 22.4. The minimum absolute atomic E-state index is 0.0250. The Labute approximate surface area is 708 Å². The van der Waals surface area contributed by atoms with Crippen molar-refractivity contribution < 1.29 is 47.9 Å². The number of carbonyl (C=O) groups is 10.